The molecule has 0 aliphatic carbocycles. The van der Waals surface area contributed by atoms with Gasteiger partial charge in [-0.25, -0.2) is 4.98 Å². The van der Waals surface area contributed by atoms with Gasteiger partial charge in [0.25, 0.3) is 5.91 Å². The normalized spacial score (nSPS) is 11.5. The summed E-state index contributed by atoms with van der Waals surface area (Å²) in [6.45, 7) is 1.84. The molecule has 9 heteroatoms. The van der Waals surface area contributed by atoms with Crippen molar-refractivity contribution in [3.63, 3.8) is 0 Å². The minimum absolute atomic E-state index is 0.135. The number of thioether (sulfide) groups is 1. The molecule has 0 radical (unpaired) electrons. The van der Waals surface area contributed by atoms with E-state index in [0.717, 1.165) is 16.2 Å². The van der Waals surface area contributed by atoms with E-state index < -0.39 is 0 Å². The SMILES string of the molecule is COc1ccc(C(=O)Nc2ccc(SC(C)C(=O)Nc3nc(-c4ccc(Cl)cc4)cs3)cc2)cc1. The smallest absolute Gasteiger partial charge is 0.255 e. The maximum Gasteiger partial charge on any atom is 0.255 e. The fourth-order valence-electron chi connectivity index (χ4n) is 3.11. The van der Waals surface area contributed by atoms with E-state index in [1.54, 1.807) is 31.4 Å². The largest absolute Gasteiger partial charge is 0.497 e. The summed E-state index contributed by atoms with van der Waals surface area (Å²) in [5.41, 5.74) is 2.93. The molecule has 0 saturated heterocycles. The van der Waals surface area contributed by atoms with Crippen molar-refractivity contribution in [2.45, 2.75) is 17.1 Å². The third kappa shape index (κ3) is 6.63. The molecule has 0 saturated carbocycles. The maximum absolute atomic E-state index is 12.7. The molecule has 0 bridgehead atoms. The van der Waals surface area contributed by atoms with Crippen molar-refractivity contribution < 1.29 is 14.3 Å². The molecule has 3 aromatic carbocycles. The summed E-state index contributed by atoms with van der Waals surface area (Å²) in [5, 5.41) is 8.52. The lowest BCUT2D eigenvalue weighted by Crippen LogP contribution is -2.22. The van der Waals surface area contributed by atoms with Crippen LogP contribution in [0.5, 0.6) is 5.75 Å². The average molecular weight is 524 g/mol. The zero-order valence-electron chi connectivity index (χ0n) is 18.9. The number of rotatable bonds is 8. The average Bonchev–Trinajstić information content (AvgIpc) is 3.34. The van der Waals surface area contributed by atoms with Crippen LogP contribution >= 0.6 is 34.7 Å². The number of carbonyl (C=O) groups is 2. The number of carbonyl (C=O) groups excluding carboxylic acids is 2. The van der Waals surface area contributed by atoms with E-state index in [1.165, 1.54) is 23.1 Å². The fourth-order valence-corrected chi connectivity index (χ4v) is 4.83. The van der Waals surface area contributed by atoms with Gasteiger partial charge in [0, 0.05) is 32.1 Å². The number of nitrogens with zero attached hydrogens (tertiary/aromatic N) is 1. The predicted molar refractivity (Wildman–Crippen MR) is 144 cm³/mol. The first-order chi connectivity index (χ1) is 16.9. The van der Waals surface area contributed by atoms with Crippen LogP contribution in [-0.2, 0) is 4.79 Å². The summed E-state index contributed by atoms with van der Waals surface area (Å²) in [6, 6.07) is 21.7. The van der Waals surface area contributed by atoms with Crippen molar-refractivity contribution in [3.05, 3.63) is 88.8 Å². The number of hydrogen-bond acceptors (Lipinski definition) is 6. The molecule has 0 aliphatic heterocycles. The van der Waals surface area contributed by atoms with E-state index in [4.69, 9.17) is 16.3 Å². The molecule has 1 unspecified atom stereocenters. The zero-order chi connectivity index (χ0) is 24.8. The number of halogens is 1. The number of nitrogens with one attached hydrogen (secondary N) is 2. The van der Waals surface area contributed by atoms with Crippen LogP contribution in [0.2, 0.25) is 5.02 Å². The highest BCUT2D eigenvalue weighted by Gasteiger charge is 2.17. The molecule has 2 N–H and O–H groups in total. The van der Waals surface area contributed by atoms with Gasteiger partial charge in [0.05, 0.1) is 18.1 Å². The Balaban J connectivity index is 1.30. The number of benzene rings is 3. The summed E-state index contributed by atoms with van der Waals surface area (Å²) in [5.74, 6) is 0.351. The summed E-state index contributed by atoms with van der Waals surface area (Å²) in [6.07, 6.45) is 0. The van der Waals surface area contributed by atoms with Gasteiger partial charge >= 0.3 is 0 Å². The molecule has 0 fully saturated rings. The first-order valence-corrected chi connectivity index (χ1v) is 12.8. The van der Waals surface area contributed by atoms with E-state index >= 15 is 0 Å². The lowest BCUT2D eigenvalue weighted by molar-refractivity contribution is -0.115. The van der Waals surface area contributed by atoms with E-state index in [1.807, 2.05) is 60.8 Å². The number of aromatic nitrogens is 1. The molecule has 1 atom stereocenters. The maximum atomic E-state index is 12.7. The van der Waals surface area contributed by atoms with Gasteiger partial charge in [-0.2, -0.15) is 0 Å². The van der Waals surface area contributed by atoms with Gasteiger partial charge in [-0.15, -0.1) is 23.1 Å². The number of thiazole rings is 1. The summed E-state index contributed by atoms with van der Waals surface area (Å²) in [7, 11) is 1.58. The zero-order valence-corrected chi connectivity index (χ0v) is 21.3. The lowest BCUT2D eigenvalue weighted by atomic mass is 10.2. The predicted octanol–water partition coefficient (Wildman–Crippen LogP) is 6.84. The number of methoxy groups -OCH3 is 1. The van der Waals surface area contributed by atoms with Crippen LogP contribution in [0.25, 0.3) is 11.3 Å². The molecule has 1 aromatic heterocycles. The number of anilines is 2. The van der Waals surface area contributed by atoms with Gasteiger partial charge in [-0.05, 0) is 67.6 Å². The molecule has 0 spiro atoms. The highest BCUT2D eigenvalue weighted by molar-refractivity contribution is 8.00. The van der Waals surface area contributed by atoms with Crippen molar-refractivity contribution in [3.8, 4) is 17.0 Å². The molecule has 4 rings (SSSR count). The Morgan fingerprint density at radius 3 is 2.31 bits per heavy atom. The van der Waals surface area contributed by atoms with E-state index in [0.29, 0.717) is 27.2 Å². The van der Waals surface area contributed by atoms with Crippen LogP contribution in [0.15, 0.2) is 83.1 Å². The summed E-state index contributed by atoms with van der Waals surface area (Å²) >= 11 is 8.74. The second-order valence-corrected chi connectivity index (χ2v) is 10.2. The Morgan fingerprint density at radius 1 is 0.971 bits per heavy atom. The number of amides is 2. The Hall–Kier alpha value is -3.33. The molecule has 178 valence electrons. The van der Waals surface area contributed by atoms with Gasteiger partial charge in [0.15, 0.2) is 5.13 Å². The lowest BCUT2D eigenvalue weighted by Gasteiger charge is -2.11. The molecule has 6 nitrogen and oxygen atoms in total. The minimum atomic E-state index is -0.336. The molecule has 0 aliphatic rings. The second-order valence-electron chi connectivity index (χ2n) is 7.50. The Morgan fingerprint density at radius 2 is 1.66 bits per heavy atom. The van der Waals surface area contributed by atoms with Crippen LogP contribution in [0, 0.1) is 0 Å². The molecular formula is C26H22ClN3O3S2. The third-order valence-electron chi connectivity index (χ3n) is 5.02. The number of ether oxygens (including phenoxy) is 1. The van der Waals surface area contributed by atoms with Crippen LogP contribution in [0.3, 0.4) is 0 Å². The Bertz CT molecular complexity index is 1310. The Labute approximate surface area is 216 Å². The monoisotopic (exact) mass is 523 g/mol. The van der Waals surface area contributed by atoms with E-state index in [-0.39, 0.29) is 17.1 Å². The van der Waals surface area contributed by atoms with Gasteiger partial charge in [0.1, 0.15) is 5.75 Å². The van der Waals surface area contributed by atoms with E-state index in [2.05, 4.69) is 15.6 Å². The Kier molecular flexibility index (Phi) is 8.07. The van der Waals surface area contributed by atoms with Crippen LogP contribution in [-0.4, -0.2) is 29.2 Å². The van der Waals surface area contributed by atoms with Crippen LogP contribution < -0.4 is 15.4 Å². The first kappa shape index (κ1) is 24.8. The van der Waals surface area contributed by atoms with E-state index in [9.17, 15) is 9.59 Å². The highest BCUT2D eigenvalue weighted by atomic mass is 35.5. The van der Waals surface area contributed by atoms with Gasteiger partial charge in [-0.1, -0.05) is 23.7 Å². The topological polar surface area (TPSA) is 80.3 Å². The molecule has 4 aromatic rings. The van der Waals surface area contributed by atoms with Crippen molar-refractivity contribution in [2.24, 2.45) is 0 Å². The van der Waals surface area contributed by atoms with Gasteiger partial charge < -0.3 is 15.4 Å². The van der Waals surface area contributed by atoms with Crippen molar-refractivity contribution in [1.29, 1.82) is 0 Å². The molecule has 2 amide bonds. The van der Waals surface area contributed by atoms with Gasteiger partial charge in [-0.3, -0.25) is 9.59 Å². The minimum Gasteiger partial charge on any atom is -0.497 e. The molecule has 1 heterocycles. The third-order valence-corrected chi connectivity index (χ3v) is 7.14. The quantitative estimate of drug-likeness (QED) is 0.247. The summed E-state index contributed by atoms with van der Waals surface area (Å²) in [4.78, 5) is 30.5. The molecular weight excluding hydrogens is 502 g/mol. The van der Waals surface area contributed by atoms with Crippen molar-refractivity contribution in [2.75, 3.05) is 17.7 Å². The first-order valence-electron chi connectivity index (χ1n) is 10.7. The van der Waals surface area contributed by atoms with Crippen LogP contribution in [0.1, 0.15) is 17.3 Å². The van der Waals surface area contributed by atoms with Crippen molar-refractivity contribution in [1.82, 2.24) is 4.98 Å². The standard InChI is InChI=1S/C26H22ClN3O3S2/c1-16(24(31)30-26-29-23(15-34-26)17-3-7-19(27)8-4-17)35-22-13-9-20(10-14-22)28-25(32)18-5-11-21(33-2)12-6-18/h3-16H,1-2H3,(H,28,32)(H,29,30,31). The van der Waals surface area contributed by atoms with Gasteiger partial charge in [0.2, 0.25) is 5.91 Å². The molecule has 35 heavy (non-hydrogen) atoms. The highest BCUT2D eigenvalue weighted by Crippen LogP contribution is 2.29. The van der Waals surface area contributed by atoms with Crippen molar-refractivity contribution >= 4 is 57.3 Å². The number of hydrogen-bond donors (Lipinski definition) is 2. The second kappa shape index (κ2) is 11.4. The summed E-state index contributed by atoms with van der Waals surface area (Å²) < 4.78 is 5.12. The van der Waals surface area contributed by atoms with Crippen LogP contribution in [0.4, 0.5) is 10.8 Å². The fraction of sp³-hybridized carbons (Fsp3) is 0.115.